The molecule has 0 aliphatic carbocycles. The zero-order valence-corrected chi connectivity index (χ0v) is 9.01. The van der Waals surface area contributed by atoms with Gasteiger partial charge in [0.1, 0.15) is 0 Å². The summed E-state index contributed by atoms with van der Waals surface area (Å²) in [6, 6.07) is 0. The van der Waals surface area contributed by atoms with E-state index in [4.69, 9.17) is 0 Å². The van der Waals surface area contributed by atoms with E-state index in [-0.39, 0.29) is 15.0 Å². The second-order valence-corrected chi connectivity index (χ2v) is 4.18. The number of hydrogen-bond donors (Lipinski definition) is 0. The molecule has 0 aromatic rings. The topological polar surface area (TPSA) is 55.3 Å². The van der Waals surface area contributed by atoms with Crippen molar-refractivity contribution < 1.29 is 14.7 Å². The lowest BCUT2D eigenvalue weighted by atomic mass is 10.2. The Morgan fingerprint density at radius 2 is 1.92 bits per heavy atom. The Labute approximate surface area is 87.0 Å². The molecule has 0 saturated heterocycles. The largest absolute Gasteiger partial charge is 0.871 e. The van der Waals surface area contributed by atoms with Crippen molar-refractivity contribution >= 4 is 27.5 Å². The molecule has 6 heteroatoms. The van der Waals surface area contributed by atoms with Gasteiger partial charge in [-0.3, -0.25) is 0 Å². The van der Waals surface area contributed by atoms with Crippen LogP contribution in [0.3, 0.4) is 0 Å². The lowest BCUT2D eigenvalue weighted by Gasteiger charge is -2.25. The molecule has 13 heavy (non-hydrogen) atoms. The van der Waals surface area contributed by atoms with Crippen LogP contribution in [0.5, 0.6) is 0 Å². The van der Waals surface area contributed by atoms with Crippen molar-refractivity contribution in [1.82, 2.24) is 0 Å². The van der Waals surface area contributed by atoms with E-state index in [1.807, 2.05) is 0 Å². The van der Waals surface area contributed by atoms with Gasteiger partial charge in [-0.1, -0.05) is 13.8 Å². The van der Waals surface area contributed by atoms with Crippen LogP contribution in [0.1, 0.15) is 20.3 Å². The van der Waals surface area contributed by atoms with E-state index in [9.17, 15) is 10.0 Å². The quantitative estimate of drug-likeness (QED) is 0.395. The molecule has 0 atom stereocenters. The van der Waals surface area contributed by atoms with E-state index in [1.165, 1.54) is 6.42 Å². The van der Waals surface area contributed by atoms with E-state index in [0.717, 1.165) is 11.5 Å². The number of rotatable bonds is 7. The van der Waals surface area contributed by atoms with Crippen LogP contribution >= 0.6 is 11.8 Å². The van der Waals surface area contributed by atoms with Crippen LogP contribution in [0.25, 0.3) is 0 Å². The molecule has 0 aromatic carbocycles. The molecular formula is C7H15B2O3S-2. The first kappa shape index (κ1) is 15.8. The zero-order chi connectivity index (χ0) is 9.40. The van der Waals surface area contributed by atoms with Gasteiger partial charge in [-0.15, -0.1) is 0 Å². The average Bonchev–Trinajstić information content (AvgIpc) is 1.95. The predicted molar refractivity (Wildman–Crippen MR) is 54.2 cm³/mol. The minimum absolute atomic E-state index is 0. The molecule has 0 heterocycles. The molecule has 0 fully saturated rings. The molecule has 0 saturated carbocycles. The molecule has 3 radical (unpaired) electrons. The van der Waals surface area contributed by atoms with Crippen molar-refractivity contribution in [2.45, 2.75) is 20.3 Å². The third-order valence-electron chi connectivity index (χ3n) is 1.32. The van der Waals surface area contributed by atoms with Crippen LogP contribution < -0.4 is 10.0 Å². The molecule has 0 amide bonds. The summed E-state index contributed by atoms with van der Waals surface area (Å²) in [5, 5.41) is 19.8. The van der Waals surface area contributed by atoms with Crippen LogP contribution in [0.2, 0.25) is 0 Å². The molecule has 0 aliphatic heterocycles. The highest BCUT2D eigenvalue weighted by molar-refractivity contribution is 7.99. The molecule has 0 aromatic heterocycles. The lowest BCUT2D eigenvalue weighted by molar-refractivity contribution is -0.381. The van der Waals surface area contributed by atoms with Crippen LogP contribution in [0.4, 0.5) is 0 Å². The van der Waals surface area contributed by atoms with E-state index in [1.54, 1.807) is 11.8 Å². The monoisotopic (exact) mass is 201 g/mol. The fourth-order valence-electron chi connectivity index (χ4n) is 0.624. The molecule has 0 bridgehead atoms. The maximum absolute atomic E-state index is 9.88. The highest BCUT2D eigenvalue weighted by Crippen LogP contribution is 2.07. The standard InChI is InChI=1S/C7H15BO3S.B/c1-7(2)3-5-12-6-4-11-8(9)10;/h7H,3-6H2,1-2H3;/q-2;. The van der Waals surface area contributed by atoms with Gasteiger partial charge in [0.15, 0.2) is 0 Å². The maximum atomic E-state index is 9.88. The summed E-state index contributed by atoms with van der Waals surface area (Å²) in [4.78, 5) is 0. The van der Waals surface area contributed by atoms with Gasteiger partial charge in [-0.2, -0.15) is 11.8 Å². The summed E-state index contributed by atoms with van der Waals surface area (Å²) in [7, 11) is -2.12. The summed E-state index contributed by atoms with van der Waals surface area (Å²) < 4.78 is 4.32. The highest BCUT2D eigenvalue weighted by Gasteiger charge is 1.93. The normalized spacial score (nSPS) is 9.92. The second-order valence-electron chi connectivity index (χ2n) is 2.95. The van der Waals surface area contributed by atoms with Crippen LogP contribution in [-0.4, -0.2) is 33.8 Å². The van der Waals surface area contributed by atoms with Gasteiger partial charge in [0, 0.05) is 20.8 Å². The first-order valence-electron chi connectivity index (χ1n) is 4.14. The molecule has 3 nitrogen and oxygen atoms in total. The maximum Gasteiger partial charge on any atom is 0.0604 e. The summed E-state index contributed by atoms with van der Waals surface area (Å²) in [6.07, 6.45) is 1.17. The molecule has 0 aliphatic rings. The van der Waals surface area contributed by atoms with Crippen LogP contribution in [-0.2, 0) is 4.65 Å². The molecular weight excluding hydrogens is 186 g/mol. The van der Waals surface area contributed by atoms with Crippen molar-refractivity contribution in [1.29, 1.82) is 0 Å². The first-order valence-corrected chi connectivity index (χ1v) is 5.29. The van der Waals surface area contributed by atoms with E-state index < -0.39 is 7.32 Å². The Balaban J connectivity index is 0. The van der Waals surface area contributed by atoms with Gasteiger partial charge in [-0.05, 0) is 18.1 Å². The number of thioether (sulfide) groups is 1. The van der Waals surface area contributed by atoms with Gasteiger partial charge in [0.25, 0.3) is 0 Å². The van der Waals surface area contributed by atoms with E-state index >= 15 is 0 Å². The van der Waals surface area contributed by atoms with Crippen molar-refractivity contribution in [3.05, 3.63) is 0 Å². The SMILES string of the molecule is CC(C)CCSCCOB([O-])[O-].[B]. The average molecular weight is 201 g/mol. The Kier molecular flexibility index (Phi) is 12.7. The number of hydrogen-bond acceptors (Lipinski definition) is 4. The fourth-order valence-corrected chi connectivity index (χ4v) is 1.68. The Morgan fingerprint density at radius 1 is 1.31 bits per heavy atom. The predicted octanol–water partition coefficient (Wildman–Crippen LogP) is -0.893. The van der Waals surface area contributed by atoms with Crippen molar-refractivity contribution in [2.75, 3.05) is 18.1 Å². The van der Waals surface area contributed by atoms with Crippen molar-refractivity contribution in [3.63, 3.8) is 0 Å². The first-order chi connectivity index (χ1) is 5.63. The van der Waals surface area contributed by atoms with Gasteiger partial charge >= 0.3 is 0 Å². The van der Waals surface area contributed by atoms with Gasteiger partial charge in [-0.25, -0.2) is 0 Å². The van der Waals surface area contributed by atoms with Gasteiger partial charge in [0.2, 0.25) is 0 Å². The summed E-state index contributed by atoms with van der Waals surface area (Å²) in [5.74, 6) is 2.53. The van der Waals surface area contributed by atoms with Crippen LogP contribution in [0, 0.1) is 5.92 Å². The molecule has 0 spiro atoms. The smallest absolute Gasteiger partial charge is 0.0604 e. The lowest BCUT2D eigenvalue weighted by Crippen LogP contribution is -2.48. The third-order valence-corrected chi connectivity index (χ3v) is 2.30. The fraction of sp³-hybridized carbons (Fsp3) is 1.00. The third kappa shape index (κ3) is 15.1. The van der Waals surface area contributed by atoms with E-state index in [0.29, 0.717) is 5.92 Å². The summed E-state index contributed by atoms with van der Waals surface area (Å²) in [5.41, 5.74) is 0. The van der Waals surface area contributed by atoms with E-state index in [2.05, 4.69) is 18.5 Å². The van der Waals surface area contributed by atoms with Crippen molar-refractivity contribution in [2.24, 2.45) is 5.92 Å². The van der Waals surface area contributed by atoms with Gasteiger partial charge < -0.3 is 14.7 Å². The second kappa shape index (κ2) is 10.4. The van der Waals surface area contributed by atoms with Crippen molar-refractivity contribution in [3.8, 4) is 0 Å². The Hall–Kier alpha value is 0.360. The summed E-state index contributed by atoms with van der Waals surface area (Å²) in [6.45, 7) is 4.62. The summed E-state index contributed by atoms with van der Waals surface area (Å²) >= 11 is 1.72. The zero-order valence-electron chi connectivity index (χ0n) is 8.19. The Bertz CT molecular complexity index is 91.7. The minimum atomic E-state index is -2.12. The molecule has 75 valence electrons. The highest BCUT2D eigenvalue weighted by atomic mass is 32.2. The Morgan fingerprint density at radius 3 is 2.38 bits per heavy atom. The molecule has 0 rings (SSSR count). The molecule has 0 unspecified atom stereocenters. The molecule has 0 N–H and O–H groups in total. The minimum Gasteiger partial charge on any atom is -0.871 e. The van der Waals surface area contributed by atoms with Gasteiger partial charge in [0.05, 0.1) is 7.32 Å². The van der Waals surface area contributed by atoms with Crippen LogP contribution in [0.15, 0.2) is 0 Å².